The summed E-state index contributed by atoms with van der Waals surface area (Å²) < 4.78 is 6.95. The monoisotopic (exact) mass is 401 g/mol. The van der Waals surface area contributed by atoms with Crippen LogP contribution in [0, 0.1) is 11.3 Å². The molecule has 0 fully saturated rings. The molecule has 1 N–H and O–H groups in total. The largest absolute Gasteiger partial charge is 0.459 e. The Morgan fingerprint density at radius 3 is 2.74 bits per heavy atom. The van der Waals surface area contributed by atoms with Crippen LogP contribution in [0.4, 0.5) is 0 Å². The van der Waals surface area contributed by atoms with E-state index in [4.69, 9.17) is 27.9 Å². The van der Waals surface area contributed by atoms with Crippen molar-refractivity contribution in [2.75, 3.05) is 6.54 Å². The summed E-state index contributed by atoms with van der Waals surface area (Å²) in [4.78, 5) is 24.0. The second-order valence-corrected chi connectivity index (χ2v) is 6.42. The van der Waals surface area contributed by atoms with Crippen LogP contribution >= 0.6 is 23.2 Å². The van der Waals surface area contributed by atoms with Gasteiger partial charge in [-0.3, -0.25) is 9.59 Å². The number of nitrogens with one attached hydrogen (secondary N) is 1. The Labute approximate surface area is 164 Å². The number of halogens is 2. The summed E-state index contributed by atoms with van der Waals surface area (Å²) in [6, 6.07) is 12.0. The number of benzene rings is 1. The smallest absolute Gasteiger partial charge is 0.325 e. The van der Waals surface area contributed by atoms with Crippen molar-refractivity contribution in [3.8, 4) is 6.07 Å². The lowest BCUT2D eigenvalue weighted by Gasteiger charge is -2.07. The van der Waals surface area contributed by atoms with Crippen molar-refractivity contribution in [1.29, 1.82) is 5.26 Å². The molecular weight excluding hydrogens is 389 g/mol. The van der Waals surface area contributed by atoms with Crippen molar-refractivity contribution < 1.29 is 14.3 Å². The molecule has 2 heterocycles. The molecule has 136 valence electrons. The molecule has 6 nitrogen and oxygen atoms in total. The zero-order valence-corrected chi connectivity index (χ0v) is 15.4. The number of aromatic nitrogens is 1. The third-order valence-corrected chi connectivity index (χ3v) is 4.58. The van der Waals surface area contributed by atoms with Crippen LogP contribution in [0.2, 0.25) is 10.0 Å². The third kappa shape index (κ3) is 4.22. The summed E-state index contributed by atoms with van der Waals surface area (Å²) in [5, 5.41) is 12.4. The second-order valence-electron chi connectivity index (χ2n) is 5.61. The Morgan fingerprint density at radius 2 is 2.00 bits per heavy atom. The molecule has 0 radical (unpaired) electrons. The van der Waals surface area contributed by atoms with Crippen LogP contribution in [0.1, 0.15) is 21.5 Å². The Morgan fingerprint density at radius 1 is 1.19 bits per heavy atom. The highest BCUT2D eigenvalue weighted by Gasteiger charge is 2.14. The number of rotatable bonds is 5. The SMILES string of the molecule is N#Cc1c(COC(=O)CNC(=O)c2ccc(Cl)c(Cl)c2)cn2ccccc12. The van der Waals surface area contributed by atoms with Crippen LogP contribution in [0.5, 0.6) is 0 Å². The van der Waals surface area contributed by atoms with Gasteiger partial charge in [0.25, 0.3) is 5.91 Å². The maximum Gasteiger partial charge on any atom is 0.325 e. The summed E-state index contributed by atoms with van der Waals surface area (Å²) in [6.07, 6.45) is 3.54. The zero-order valence-electron chi connectivity index (χ0n) is 13.9. The standard InChI is InChI=1S/C19H13Cl2N3O3/c20-15-5-4-12(7-16(15)21)19(26)23-9-18(25)27-11-13-10-24-6-2-1-3-17(24)14(13)8-22/h1-7,10H,9,11H2,(H,23,26). The summed E-state index contributed by atoms with van der Waals surface area (Å²) in [7, 11) is 0. The van der Waals surface area contributed by atoms with Crippen LogP contribution in [0.15, 0.2) is 48.8 Å². The number of ether oxygens (including phenoxy) is 1. The molecule has 0 saturated heterocycles. The minimum absolute atomic E-state index is 0.0634. The van der Waals surface area contributed by atoms with Gasteiger partial charge >= 0.3 is 5.97 Å². The van der Waals surface area contributed by atoms with Crippen LogP contribution in [0.25, 0.3) is 5.52 Å². The lowest BCUT2D eigenvalue weighted by Crippen LogP contribution is -2.30. The van der Waals surface area contributed by atoms with E-state index in [1.165, 1.54) is 18.2 Å². The van der Waals surface area contributed by atoms with Gasteiger partial charge in [0.15, 0.2) is 0 Å². The van der Waals surface area contributed by atoms with E-state index in [2.05, 4.69) is 11.4 Å². The summed E-state index contributed by atoms with van der Waals surface area (Å²) in [6.45, 7) is -0.375. The van der Waals surface area contributed by atoms with Gasteiger partial charge < -0.3 is 14.5 Å². The number of hydrogen-bond acceptors (Lipinski definition) is 4. The average Bonchev–Trinajstić information content (AvgIpc) is 3.04. The van der Waals surface area contributed by atoms with Crippen LogP contribution in [-0.4, -0.2) is 22.8 Å². The van der Waals surface area contributed by atoms with Gasteiger partial charge in [0.05, 0.1) is 21.1 Å². The predicted octanol–water partition coefficient (Wildman–Crippen LogP) is 3.59. The van der Waals surface area contributed by atoms with Gasteiger partial charge in [-0.15, -0.1) is 0 Å². The molecular formula is C19H13Cl2N3O3. The number of hydrogen-bond donors (Lipinski definition) is 1. The van der Waals surface area contributed by atoms with E-state index in [0.717, 1.165) is 5.52 Å². The number of nitrogens with zero attached hydrogens (tertiary/aromatic N) is 2. The molecule has 3 rings (SSSR count). The first-order chi connectivity index (χ1) is 13.0. The molecule has 0 saturated carbocycles. The molecule has 8 heteroatoms. The minimum atomic E-state index is -0.623. The molecule has 0 aliphatic carbocycles. The highest BCUT2D eigenvalue weighted by molar-refractivity contribution is 6.42. The van der Waals surface area contributed by atoms with Gasteiger partial charge in [-0.05, 0) is 30.3 Å². The van der Waals surface area contributed by atoms with Gasteiger partial charge in [-0.25, -0.2) is 0 Å². The average molecular weight is 402 g/mol. The van der Waals surface area contributed by atoms with Crippen molar-refractivity contribution in [2.24, 2.45) is 0 Å². The normalized spacial score (nSPS) is 10.4. The molecule has 1 aromatic carbocycles. The second kappa shape index (κ2) is 8.12. The third-order valence-electron chi connectivity index (χ3n) is 3.84. The number of esters is 1. The van der Waals surface area contributed by atoms with Crippen molar-refractivity contribution >= 4 is 40.6 Å². The fraction of sp³-hybridized carbons (Fsp3) is 0.105. The molecule has 1 amide bonds. The molecule has 3 aromatic rings. The number of fused-ring (bicyclic) bond motifs is 1. The maximum atomic E-state index is 12.0. The van der Waals surface area contributed by atoms with E-state index in [1.807, 2.05) is 12.1 Å². The first-order valence-corrected chi connectivity index (χ1v) is 8.62. The highest BCUT2D eigenvalue weighted by atomic mass is 35.5. The van der Waals surface area contributed by atoms with Gasteiger partial charge in [-0.1, -0.05) is 29.3 Å². The fourth-order valence-electron chi connectivity index (χ4n) is 2.52. The topological polar surface area (TPSA) is 83.6 Å². The summed E-state index contributed by atoms with van der Waals surface area (Å²) in [5.41, 5.74) is 2.05. The van der Waals surface area contributed by atoms with Crippen molar-refractivity contribution in [1.82, 2.24) is 9.72 Å². The molecule has 0 bridgehead atoms. The molecule has 0 aliphatic heterocycles. The van der Waals surface area contributed by atoms with Crippen molar-refractivity contribution in [3.63, 3.8) is 0 Å². The Hall–Kier alpha value is -3.01. The van der Waals surface area contributed by atoms with E-state index in [-0.39, 0.29) is 23.7 Å². The Balaban J connectivity index is 1.58. The lowest BCUT2D eigenvalue weighted by atomic mass is 10.2. The number of carbonyl (C=O) groups is 2. The molecule has 2 aromatic heterocycles. The number of carbonyl (C=O) groups excluding carboxylic acids is 2. The maximum absolute atomic E-state index is 12.0. The van der Waals surface area contributed by atoms with Crippen LogP contribution in [-0.2, 0) is 16.1 Å². The number of nitriles is 1. The Kier molecular flexibility index (Phi) is 5.65. The predicted molar refractivity (Wildman–Crippen MR) is 101 cm³/mol. The van der Waals surface area contributed by atoms with E-state index in [1.54, 1.807) is 22.9 Å². The summed E-state index contributed by atoms with van der Waals surface area (Å²) in [5.74, 6) is -1.10. The Bertz CT molecular complexity index is 1070. The molecule has 0 atom stereocenters. The van der Waals surface area contributed by atoms with Crippen molar-refractivity contribution in [2.45, 2.75) is 6.61 Å². The van der Waals surface area contributed by atoms with Gasteiger partial charge in [0.2, 0.25) is 0 Å². The molecule has 0 aliphatic rings. The lowest BCUT2D eigenvalue weighted by molar-refractivity contribution is -0.143. The highest BCUT2D eigenvalue weighted by Crippen LogP contribution is 2.22. The summed E-state index contributed by atoms with van der Waals surface area (Å²) >= 11 is 11.7. The minimum Gasteiger partial charge on any atom is -0.459 e. The van der Waals surface area contributed by atoms with E-state index < -0.39 is 11.9 Å². The van der Waals surface area contributed by atoms with Gasteiger partial charge in [0.1, 0.15) is 19.2 Å². The first kappa shape index (κ1) is 18.8. The molecule has 0 spiro atoms. The first-order valence-electron chi connectivity index (χ1n) is 7.87. The van der Waals surface area contributed by atoms with E-state index >= 15 is 0 Å². The quantitative estimate of drug-likeness (QED) is 0.662. The van der Waals surface area contributed by atoms with Crippen LogP contribution in [0.3, 0.4) is 0 Å². The fourth-order valence-corrected chi connectivity index (χ4v) is 2.82. The molecule has 0 unspecified atom stereocenters. The van der Waals surface area contributed by atoms with Crippen LogP contribution < -0.4 is 5.32 Å². The van der Waals surface area contributed by atoms with E-state index in [9.17, 15) is 14.9 Å². The number of amides is 1. The van der Waals surface area contributed by atoms with E-state index in [0.29, 0.717) is 16.1 Å². The zero-order chi connectivity index (χ0) is 19.4. The van der Waals surface area contributed by atoms with Gasteiger partial charge in [0, 0.05) is 23.5 Å². The molecule has 27 heavy (non-hydrogen) atoms. The number of pyridine rings is 1. The van der Waals surface area contributed by atoms with Gasteiger partial charge in [-0.2, -0.15) is 5.26 Å². The van der Waals surface area contributed by atoms with Crippen molar-refractivity contribution in [3.05, 3.63) is 75.5 Å².